The fourth-order valence-corrected chi connectivity index (χ4v) is 2.95. The van der Waals surface area contributed by atoms with Crippen LogP contribution in [-0.2, 0) is 4.79 Å². The Kier molecular flexibility index (Phi) is 3.85. The minimum absolute atomic E-state index is 0.0264. The van der Waals surface area contributed by atoms with E-state index in [1.54, 1.807) is 36.4 Å². The summed E-state index contributed by atoms with van der Waals surface area (Å²) in [5.74, 6) is 0.0584. The first-order valence-electron chi connectivity index (χ1n) is 6.39. The summed E-state index contributed by atoms with van der Waals surface area (Å²) in [6.07, 6.45) is 1.61. The topological polar surface area (TPSA) is 58.6 Å². The van der Waals surface area contributed by atoms with E-state index in [-0.39, 0.29) is 11.7 Å². The zero-order chi connectivity index (χ0) is 15.9. The fraction of sp³-hybridized carbons (Fsp3) is 0.0625. The molecular formula is C16H11BrClNO3. The average molecular weight is 381 g/mol. The second-order valence-corrected chi connectivity index (χ2v) is 6.10. The number of phenols is 1. The molecule has 0 spiro atoms. The van der Waals surface area contributed by atoms with Gasteiger partial charge in [0.2, 0.25) is 0 Å². The van der Waals surface area contributed by atoms with E-state index in [9.17, 15) is 9.90 Å². The van der Waals surface area contributed by atoms with Gasteiger partial charge in [-0.1, -0.05) is 27.5 Å². The summed E-state index contributed by atoms with van der Waals surface area (Å²) >= 11 is 9.35. The van der Waals surface area contributed by atoms with Gasteiger partial charge in [-0.25, -0.2) is 0 Å². The van der Waals surface area contributed by atoms with Crippen LogP contribution in [0.25, 0.3) is 11.6 Å². The summed E-state index contributed by atoms with van der Waals surface area (Å²) in [6.45, 7) is 0. The smallest absolute Gasteiger partial charge is 0.256 e. The molecule has 112 valence electrons. The number of ether oxygens (including phenoxy) is 1. The number of hydrogen-bond donors (Lipinski definition) is 2. The molecule has 0 radical (unpaired) electrons. The summed E-state index contributed by atoms with van der Waals surface area (Å²) in [5.41, 5.74) is 2.31. The maximum Gasteiger partial charge on any atom is 0.256 e. The van der Waals surface area contributed by atoms with E-state index in [1.807, 2.05) is 0 Å². The van der Waals surface area contributed by atoms with Crippen LogP contribution in [0.5, 0.6) is 11.5 Å². The molecular weight excluding hydrogens is 370 g/mol. The van der Waals surface area contributed by atoms with Crippen molar-refractivity contribution in [3.05, 3.63) is 51.0 Å². The molecule has 2 aromatic rings. The number of nitrogens with one attached hydrogen (secondary N) is 1. The van der Waals surface area contributed by atoms with E-state index in [0.29, 0.717) is 33.2 Å². The Morgan fingerprint density at radius 3 is 2.82 bits per heavy atom. The van der Waals surface area contributed by atoms with Crippen molar-refractivity contribution in [2.45, 2.75) is 0 Å². The van der Waals surface area contributed by atoms with Gasteiger partial charge in [0.1, 0.15) is 0 Å². The number of methoxy groups -OCH3 is 1. The van der Waals surface area contributed by atoms with Crippen LogP contribution in [0.4, 0.5) is 5.69 Å². The molecule has 1 amide bonds. The molecule has 0 saturated carbocycles. The van der Waals surface area contributed by atoms with E-state index in [0.717, 1.165) is 4.47 Å². The number of halogens is 2. The second-order valence-electron chi connectivity index (χ2n) is 4.75. The molecule has 0 aliphatic carbocycles. The molecule has 0 unspecified atom stereocenters. The molecule has 0 fully saturated rings. The van der Waals surface area contributed by atoms with Crippen molar-refractivity contribution in [3.63, 3.8) is 0 Å². The SMILES string of the molecule is COc1cc(Br)cc(/C=C2/C(=O)Nc3ccc(Cl)cc32)c1O. The molecule has 1 heterocycles. The minimum atomic E-state index is -0.240. The number of benzene rings is 2. The molecule has 4 nitrogen and oxygen atoms in total. The number of fused-ring (bicyclic) bond motifs is 1. The highest BCUT2D eigenvalue weighted by molar-refractivity contribution is 9.10. The van der Waals surface area contributed by atoms with Crippen LogP contribution in [0.3, 0.4) is 0 Å². The van der Waals surface area contributed by atoms with Crippen molar-refractivity contribution in [2.75, 3.05) is 12.4 Å². The molecule has 22 heavy (non-hydrogen) atoms. The summed E-state index contributed by atoms with van der Waals surface area (Å²) in [6, 6.07) is 8.53. The Labute approximate surface area is 140 Å². The zero-order valence-corrected chi connectivity index (χ0v) is 13.8. The van der Waals surface area contributed by atoms with Crippen molar-refractivity contribution in [1.29, 1.82) is 0 Å². The predicted octanol–water partition coefficient (Wildman–Crippen LogP) is 4.31. The summed E-state index contributed by atoms with van der Waals surface area (Å²) in [5, 5.41) is 13.5. The largest absolute Gasteiger partial charge is 0.504 e. The highest BCUT2D eigenvalue weighted by atomic mass is 79.9. The molecule has 0 aromatic heterocycles. The normalized spacial score (nSPS) is 14.9. The van der Waals surface area contributed by atoms with Gasteiger partial charge in [-0.2, -0.15) is 0 Å². The lowest BCUT2D eigenvalue weighted by atomic mass is 10.0. The fourth-order valence-electron chi connectivity index (χ4n) is 2.32. The van der Waals surface area contributed by atoms with Gasteiger partial charge in [-0.3, -0.25) is 4.79 Å². The van der Waals surface area contributed by atoms with Gasteiger partial charge in [0.25, 0.3) is 5.91 Å². The molecule has 0 bridgehead atoms. The van der Waals surface area contributed by atoms with Crippen LogP contribution in [0.2, 0.25) is 5.02 Å². The van der Waals surface area contributed by atoms with E-state index in [1.165, 1.54) is 7.11 Å². The third kappa shape index (κ3) is 2.58. The predicted molar refractivity (Wildman–Crippen MR) is 90.3 cm³/mol. The summed E-state index contributed by atoms with van der Waals surface area (Å²) < 4.78 is 5.85. The van der Waals surface area contributed by atoms with E-state index < -0.39 is 0 Å². The van der Waals surface area contributed by atoms with Crippen LogP contribution in [-0.4, -0.2) is 18.1 Å². The molecule has 0 saturated heterocycles. The van der Waals surface area contributed by atoms with Crippen molar-refractivity contribution < 1.29 is 14.6 Å². The number of amides is 1. The van der Waals surface area contributed by atoms with Crippen molar-refractivity contribution >= 4 is 50.8 Å². The molecule has 2 aromatic carbocycles. The lowest BCUT2D eigenvalue weighted by molar-refractivity contribution is -0.110. The van der Waals surface area contributed by atoms with E-state index in [2.05, 4.69) is 21.2 Å². The van der Waals surface area contributed by atoms with Gasteiger partial charge < -0.3 is 15.2 Å². The molecule has 3 rings (SSSR count). The zero-order valence-electron chi connectivity index (χ0n) is 11.5. The number of carbonyl (C=O) groups excluding carboxylic acids is 1. The van der Waals surface area contributed by atoms with Crippen LogP contribution in [0.15, 0.2) is 34.8 Å². The Balaban J connectivity index is 2.16. The average Bonchev–Trinajstić information content (AvgIpc) is 2.78. The molecule has 2 N–H and O–H groups in total. The monoisotopic (exact) mass is 379 g/mol. The lowest BCUT2D eigenvalue weighted by Gasteiger charge is -2.08. The van der Waals surface area contributed by atoms with Crippen molar-refractivity contribution in [1.82, 2.24) is 0 Å². The lowest BCUT2D eigenvalue weighted by Crippen LogP contribution is -2.03. The first-order chi connectivity index (χ1) is 10.5. The van der Waals surface area contributed by atoms with Crippen LogP contribution in [0.1, 0.15) is 11.1 Å². The Hall–Kier alpha value is -1.98. The Morgan fingerprint density at radius 1 is 1.32 bits per heavy atom. The number of carbonyl (C=O) groups is 1. The maximum atomic E-state index is 12.2. The Bertz CT molecular complexity index is 817. The number of rotatable bonds is 2. The first kappa shape index (κ1) is 14.9. The molecule has 0 atom stereocenters. The maximum absolute atomic E-state index is 12.2. The van der Waals surface area contributed by atoms with Crippen molar-refractivity contribution in [3.8, 4) is 11.5 Å². The number of aromatic hydroxyl groups is 1. The minimum Gasteiger partial charge on any atom is -0.504 e. The Morgan fingerprint density at radius 2 is 2.09 bits per heavy atom. The van der Waals surface area contributed by atoms with Gasteiger partial charge >= 0.3 is 0 Å². The molecule has 1 aliphatic heterocycles. The van der Waals surface area contributed by atoms with E-state index >= 15 is 0 Å². The number of hydrogen-bond acceptors (Lipinski definition) is 3. The quantitative estimate of drug-likeness (QED) is 0.763. The van der Waals surface area contributed by atoms with Crippen molar-refractivity contribution in [2.24, 2.45) is 0 Å². The number of anilines is 1. The van der Waals surface area contributed by atoms with Crippen LogP contribution < -0.4 is 10.1 Å². The third-order valence-corrected chi connectivity index (χ3v) is 4.05. The van der Waals surface area contributed by atoms with Gasteiger partial charge in [-0.15, -0.1) is 0 Å². The first-order valence-corrected chi connectivity index (χ1v) is 7.56. The van der Waals surface area contributed by atoms with Gasteiger partial charge in [-0.05, 0) is 36.4 Å². The number of phenolic OH excluding ortho intramolecular Hbond substituents is 1. The summed E-state index contributed by atoms with van der Waals surface area (Å²) in [4.78, 5) is 12.2. The summed E-state index contributed by atoms with van der Waals surface area (Å²) in [7, 11) is 1.47. The van der Waals surface area contributed by atoms with Gasteiger partial charge in [0.05, 0.1) is 7.11 Å². The van der Waals surface area contributed by atoms with Gasteiger partial charge in [0, 0.05) is 31.9 Å². The highest BCUT2D eigenvalue weighted by Crippen LogP contribution is 2.39. The van der Waals surface area contributed by atoms with Gasteiger partial charge in [0.15, 0.2) is 11.5 Å². The highest BCUT2D eigenvalue weighted by Gasteiger charge is 2.25. The standard InChI is InChI=1S/C16H11BrClNO3/c1-22-14-6-9(17)4-8(15(14)20)5-12-11-7-10(18)2-3-13(11)19-16(12)21/h2-7,20H,1H3,(H,19,21)/b12-5+. The second kappa shape index (κ2) is 5.66. The molecule has 6 heteroatoms. The van der Waals surface area contributed by atoms with E-state index in [4.69, 9.17) is 16.3 Å². The van der Waals surface area contributed by atoms with Crippen LogP contribution >= 0.6 is 27.5 Å². The molecule has 1 aliphatic rings. The third-order valence-electron chi connectivity index (χ3n) is 3.35. The van der Waals surface area contributed by atoms with Crippen LogP contribution in [0, 0.1) is 0 Å².